The molecule has 0 saturated carbocycles. The molecule has 0 radical (unpaired) electrons. The number of hydrogen-bond acceptors (Lipinski definition) is 3. The van der Waals surface area contributed by atoms with Crippen molar-refractivity contribution in [1.82, 2.24) is 10.3 Å². The Balaban J connectivity index is 1.95. The second kappa shape index (κ2) is 7.10. The molecular formula is C16H22N2O. The van der Waals surface area contributed by atoms with E-state index in [1.54, 1.807) is 0 Å². The normalized spacial score (nSPS) is 10.8. The van der Waals surface area contributed by atoms with E-state index in [1.165, 1.54) is 12.8 Å². The van der Waals surface area contributed by atoms with Gasteiger partial charge in [-0.25, -0.2) is 4.98 Å². The minimum atomic E-state index is 0.762. The van der Waals surface area contributed by atoms with Crippen LogP contribution in [0.5, 0.6) is 5.75 Å². The number of fused-ring (bicyclic) bond motifs is 1. The van der Waals surface area contributed by atoms with E-state index < -0.39 is 0 Å². The van der Waals surface area contributed by atoms with Gasteiger partial charge in [0.15, 0.2) is 0 Å². The van der Waals surface area contributed by atoms with Crippen molar-refractivity contribution in [3.8, 4) is 5.75 Å². The maximum atomic E-state index is 5.87. The summed E-state index contributed by atoms with van der Waals surface area (Å²) >= 11 is 0. The molecule has 2 rings (SSSR count). The number of hydrogen-bond donors (Lipinski definition) is 1. The van der Waals surface area contributed by atoms with Gasteiger partial charge in [-0.1, -0.05) is 18.2 Å². The molecule has 19 heavy (non-hydrogen) atoms. The van der Waals surface area contributed by atoms with E-state index in [1.807, 2.05) is 32.2 Å². The van der Waals surface area contributed by atoms with Crippen LogP contribution >= 0.6 is 0 Å². The van der Waals surface area contributed by atoms with Crippen molar-refractivity contribution in [3.05, 3.63) is 36.0 Å². The smallest absolute Gasteiger partial charge is 0.145 e. The molecule has 0 unspecified atom stereocenters. The van der Waals surface area contributed by atoms with Gasteiger partial charge in [-0.05, 0) is 51.9 Å². The molecule has 1 aromatic carbocycles. The van der Waals surface area contributed by atoms with Crippen LogP contribution in [-0.4, -0.2) is 25.2 Å². The molecule has 0 bridgehead atoms. The van der Waals surface area contributed by atoms with Gasteiger partial charge in [0.1, 0.15) is 11.3 Å². The van der Waals surface area contributed by atoms with Crippen LogP contribution in [0.4, 0.5) is 0 Å². The molecular weight excluding hydrogens is 236 g/mol. The third-order valence-corrected chi connectivity index (χ3v) is 3.15. The molecule has 1 N–H and O–H groups in total. The number of aromatic nitrogens is 1. The number of rotatable bonds is 7. The van der Waals surface area contributed by atoms with Gasteiger partial charge in [0.2, 0.25) is 0 Å². The molecule has 0 aliphatic carbocycles. The lowest BCUT2D eigenvalue weighted by Crippen LogP contribution is -2.08. The van der Waals surface area contributed by atoms with Crippen molar-refractivity contribution in [2.24, 2.45) is 0 Å². The van der Waals surface area contributed by atoms with E-state index in [0.29, 0.717) is 0 Å². The first-order valence-corrected chi connectivity index (χ1v) is 6.95. The predicted octanol–water partition coefficient (Wildman–Crippen LogP) is 3.31. The highest BCUT2D eigenvalue weighted by Gasteiger charge is 2.03. The highest BCUT2D eigenvalue weighted by molar-refractivity contribution is 5.84. The number of para-hydroxylation sites is 1. The third kappa shape index (κ3) is 3.93. The van der Waals surface area contributed by atoms with Crippen LogP contribution in [0.15, 0.2) is 30.3 Å². The maximum absolute atomic E-state index is 5.87. The van der Waals surface area contributed by atoms with E-state index >= 15 is 0 Å². The molecule has 0 aliphatic heterocycles. The first-order chi connectivity index (χ1) is 9.31. The summed E-state index contributed by atoms with van der Waals surface area (Å²) in [6.45, 7) is 3.85. The topological polar surface area (TPSA) is 34.1 Å². The molecule has 1 aromatic heterocycles. The zero-order valence-corrected chi connectivity index (χ0v) is 11.8. The van der Waals surface area contributed by atoms with Crippen LogP contribution in [0.1, 0.15) is 25.0 Å². The summed E-state index contributed by atoms with van der Waals surface area (Å²) in [6.07, 6.45) is 3.48. The number of nitrogens with one attached hydrogen (secondary N) is 1. The van der Waals surface area contributed by atoms with Gasteiger partial charge in [0.05, 0.1) is 6.61 Å². The van der Waals surface area contributed by atoms with Gasteiger partial charge in [-0.2, -0.15) is 0 Å². The molecule has 0 aliphatic rings. The Morgan fingerprint density at radius 2 is 2.00 bits per heavy atom. The summed E-state index contributed by atoms with van der Waals surface area (Å²) in [5, 5.41) is 4.29. The molecule has 0 saturated heterocycles. The summed E-state index contributed by atoms with van der Waals surface area (Å²) in [7, 11) is 1.99. The summed E-state index contributed by atoms with van der Waals surface area (Å²) in [6, 6.07) is 10.2. The predicted molar refractivity (Wildman–Crippen MR) is 79.8 cm³/mol. The molecule has 1 heterocycles. The zero-order chi connectivity index (χ0) is 13.5. The lowest BCUT2D eigenvalue weighted by atomic mass is 10.2. The monoisotopic (exact) mass is 258 g/mol. The fourth-order valence-corrected chi connectivity index (χ4v) is 2.10. The van der Waals surface area contributed by atoms with Crippen molar-refractivity contribution in [2.45, 2.75) is 26.2 Å². The van der Waals surface area contributed by atoms with Crippen molar-refractivity contribution < 1.29 is 4.74 Å². The first kappa shape index (κ1) is 13.8. The largest absolute Gasteiger partial charge is 0.491 e. The fourth-order valence-electron chi connectivity index (χ4n) is 2.10. The molecule has 0 atom stereocenters. The molecule has 102 valence electrons. The molecule has 2 aromatic rings. The van der Waals surface area contributed by atoms with Crippen molar-refractivity contribution in [2.75, 3.05) is 20.2 Å². The quantitative estimate of drug-likeness (QED) is 0.774. The summed E-state index contributed by atoms with van der Waals surface area (Å²) < 4.78 is 5.87. The minimum Gasteiger partial charge on any atom is -0.491 e. The number of ether oxygens (including phenoxy) is 1. The number of pyridine rings is 1. The SMILES string of the molecule is CNCCCCCOc1cccc2ccc(C)nc12. The Bertz CT molecular complexity index is 525. The molecule has 0 amide bonds. The standard InChI is InChI=1S/C16H22N2O/c1-13-9-10-14-7-6-8-15(16(14)18-13)19-12-5-3-4-11-17-2/h6-10,17H,3-5,11-12H2,1-2H3. The van der Waals surface area contributed by atoms with Gasteiger partial charge >= 0.3 is 0 Å². The van der Waals surface area contributed by atoms with Crippen LogP contribution in [-0.2, 0) is 0 Å². The summed E-state index contributed by atoms with van der Waals surface area (Å²) in [4.78, 5) is 4.57. The molecule has 3 heteroatoms. The van der Waals surface area contributed by atoms with E-state index in [-0.39, 0.29) is 0 Å². The Morgan fingerprint density at radius 3 is 2.84 bits per heavy atom. The van der Waals surface area contributed by atoms with E-state index in [0.717, 1.165) is 41.9 Å². The van der Waals surface area contributed by atoms with Crippen LogP contribution in [0, 0.1) is 6.92 Å². The summed E-state index contributed by atoms with van der Waals surface area (Å²) in [5.41, 5.74) is 2.00. The highest BCUT2D eigenvalue weighted by atomic mass is 16.5. The number of nitrogens with zero attached hydrogens (tertiary/aromatic N) is 1. The van der Waals surface area contributed by atoms with Crippen molar-refractivity contribution >= 4 is 10.9 Å². The Labute approximate surface area is 115 Å². The van der Waals surface area contributed by atoms with Crippen LogP contribution in [0.3, 0.4) is 0 Å². The Hall–Kier alpha value is -1.61. The van der Waals surface area contributed by atoms with Crippen LogP contribution < -0.4 is 10.1 Å². The van der Waals surface area contributed by atoms with Gasteiger partial charge in [-0.3, -0.25) is 0 Å². The lowest BCUT2D eigenvalue weighted by molar-refractivity contribution is 0.308. The Morgan fingerprint density at radius 1 is 1.11 bits per heavy atom. The van der Waals surface area contributed by atoms with E-state index in [9.17, 15) is 0 Å². The number of aryl methyl sites for hydroxylation is 1. The van der Waals surface area contributed by atoms with E-state index in [2.05, 4.69) is 22.4 Å². The van der Waals surface area contributed by atoms with Crippen molar-refractivity contribution in [3.63, 3.8) is 0 Å². The zero-order valence-electron chi connectivity index (χ0n) is 11.8. The molecule has 0 fully saturated rings. The first-order valence-electron chi connectivity index (χ1n) is 6.95. The van der Waals surface area contributed by atoms with Crippen molar-refractivity contribution in [1.29, 1.82) is 0 Å². The minimum absolute atomic E-state index is 0.762. The second-order valence-electron chi connectivity index (χ2n) is 4.79. The highest BCUT2D eigenvalue weighted by Crippen LogP contribution is 2.24. The summed E-state index contributed by atoms with van der Waals surface area (Å²) in [5.74, 6) is 0.898. The van der Waals surface area contributed by atoms with Crippen LogP contribution in [0.25, 0.3) is 10.9 Å². The molecule has 3 nitrogen and oxygen atoms in total. The van der Waals surface area contributed by atoms with Gasteiger partial charge in [-0.15, -0.1) is 0 Å². The van der Waals surface area contributed by atoms with Gasteiger partial charge < -0.3 is 10.1 Å². The lowest BCUT2D eigenvalue weighted by Gasteiger charge is -2.09. The maximum Gasteiger partial charge on any atom is 0.145 e. The third-order valence-electron chi connectivity index (χ3n) is 3.15. The van der Waals surface area contributed by atoms with E-state index in [4.69, 9.17) is 4.74 Å². The number of unbranched alkanes of at least 4 members (excludes halogenated alkanes) is 2. The second-order valence-corrected chi connectivity index (χ2v) is 4.79. The average molecular weight is 258 g/mol. The molecule has 0 spiro atoms. The number of benzene rings is 1. The Kier molecular flexibility index (Phi) is 5.16. The van der Waals surface area contributed by atoms with Gasteiger partial charge in [0, 0.05) is 11.1 Å². The fraction of sp³-hybridized carbons (Fsp3) is 0.438. The average Bonchev–Trinajstić information content (AvgIpc) is 2.43. The van der Waals surface area contributed by atoms with Gasteiger partial charge in [0.25, 0.3) is 0 Å². The van der Waals surface area contributed by atoms with Crippen LogP contribution in [0.2, 0.25) is 0 Å².